The fourth-order valence-electron chi connectivity index (χ4n) is 3.16. The number of carboxylic acid groups (broad SMARTS) is 1. The molecule has 6 heteroatoms. The van der Waals surface area contributed by atoms with Gasteiger partial charge in [-0.1, -0.05) is 18.2 Å². The first-order chi connectivity index (χ1) is 10.6. The molecule has 2 aliphatic rings. The lowest BCUT2D eigenvalue weighted by atomic mass is 10.1. The molecular weight excluding hydrogens is 282 g/mol. The highest BCUT2D eigenvalue weighted by molar-refractivity contribution is 5.96. The summed E-state index contributed by atoms with van der Waals surface area (Å²) in [5.74, 6) is -1.21. The first-order valence-corrected chi connectivity index (χ1v) is 7.69. The number of carboxylic acids is 1. The number of fused-ring (bicyclic) bond motifs is 1. The average molecular weight is 303 g/mol. The Labute approximate surface area is 129 Å². The number of hydrogen-bond donors (Lipinski definition) is 2. The third-order valence-electron chi connectivity index (χ3n) is 4.37. The summed E-state index contributed by atoms with van der Waals surface area (Å²) < 4.78 is 0. The van der Waals surface area contributed by atoms with Crippen LogP contribution in [0.4, 0.5) is 5.69 Å². The van der Waals surface area contributed by atoms with Crippen LogP contribution in [0.1, 0.15) is 5.56 Å². The lowest BCUT2D eigenvalue weighted by Gasteiger charge is -2.25. The fourth-order valence-corrected chi connectivity index (χ4v) is 3.16. The van der Waals surface area contributed by atoms with Crippen LogP contribution in [-0.2, 0) is 16.0 Å². The van der Waals surface area contributed by atoms with E-state index < -0.39 is 11.9 Å². The first kappa shape index (κ1) is 15.0. The highest BCUT2D eigenvalue weighted by atomic mass is 16.4. The molecule has 1 atom stereocenters. The molecule has 1 aromatic rings. The number of hydrogen-bond acceptors (Lipinski definition) is 4. The number of rotatable bonds is 3. The van der Waals surface area contributed by atoms with Crippen molar-refractivity contribution in [3.05, 3.63) is 29.8 Å². The van der Waals surface area contributed by atoms with Gasteiger partial charge in [-0.05, 0) is 18.1 Å². The molecule has 6 nitrogen and oxygen atoms in total. The number of carbonyl (C=O) groups is 2. The maximum absolute atomic E-state index is 12.6. The van der Waals surface area contributed by atoms with Gasteiger partial charge in [-0.25, -0.2) is 0 Å². The van der Waals surface area contributed by atoms with Crippen molar-refractivity contribution in [3.63, 3.8) is 0 Å². The predicted octanol–water partition coefficient (Wildman–Crippen LogP) is 0.182. The second kappa shape index (κ2) is 6.46. The van der Waals surface area contributed by atoms with Gasteiger partial charge in [-0.15, -0.1) is 0 Å². The minimum Gasteiger partial charge on any atom is -0.481 e. The monoisotopic (exact) mass is 303 g/mol. The van der Waals surface area contributed by atoms with E-state index >= 15 is 0 Å². The van der Waals surface area contributed by atoms with Gasteiger partial charge in [0.15, 0.2) is 0 Å². The van der Waals surface area contributed by atoms with E-state index in [1.165, 1.54) is 5.56 Å². The lowest BCUT2D eigenvalue weighted by Crippen LogP contribution is -2.42. The van der Waals surface area contributed by atoms with Crippen LogP contribution in [0.15, 0.2) is 24.3 Å². The minimum atomic E-state index is -0.807. The number of amides is 1. The molecule has 22 heavy (non-hydrogen) atoms. The van der Waals surface area contributed by atoms with E-state index in [-0.39, 0.29) is 12.5 Å². The van der Waals surface area contributed by atoms with Gasteiger partial charge in [-0.2, -0.15) is 0 Å². The molecule has 2 heterocycles. The zero-order valence-electron chi connectivity index (χ0n) is 12.5. The van der Waals surface area contributed by atoms with Crippen molar-refractivity contribution in [3.8, 4) is 0 Å². The third kappa shape index (κ3) is 3.13. The van der Waals surface area contributed by atoms with Gasteiger partial charge in [0.05, 0.1) is 12.5 Å². The SMILES string of the molecule is O=C(O)C1CNCCN(CC(=O)N2CCc3ccccc32)C1. The summed E-state index contributed by atoms with van der Waals surface area (Å²) in [5.41, 5.74) is 2.20. The molecule has 0 radical (unpaired) electrons. The molecule has 0 bridgehead atoms. The summed E-state index contributed by atoms with van der Waals surface area (Å²) in [6, 6.07) is 7.97. The summed E-state index contributed by atoms with van der Waals surface area (Å²) >= 11 is 0. The van der Waals surface area contributed by atoms with E-state index in [1.54, 1.807) is 0 Å². The second-order valence-electron chi connectivity index (χ2n) is 5.90. The molecule has 0 saturated carbocycles. The zero-order chi connectivity index (χ0) is 15.5. The van der Waals surface area contributed by atoms with Gasteiger partial charge in [0.25, 0.3) is 0 Å². The Balaban J connectivity index is 1.65. The molecule has 1 aromatic carbocycles. The van der Waals surface area contributed by atoms with Crippen molar-refractivity contribution in [1.82, 2.24) is 10.2 Å². The molecular formula is C16H21N3O3. The van der Waals surface area contributed by atoms with Crippen molar-refractivity contribution in [2.45, 2.75) is 6.42 Å². The van der Waals surface area contributed by atoms with Gasteiger partial charge in [0.1, 0.15) is 0 Å². The zero-order valence-corrected chi connectivity index (χ0v) is 12.5. The second-order valence-corrected chi connectivity index (χ2v) is 5.90. The minimum absolute atomic E-state index is 0.0518. The molecule has 1 fully saturated rings. The standard InChI is InChI=1S/C16H21N3O3/c20-15(19-7-5-12-3-1-2-4-14(12)19)11-18-8-6-17-9-13(10-18)16(21)22/h1-4,13,17H,5-11H2,(H,21,22). The van der Waals surface area contributed by atoms with Crippen molar-refractivity contribution < 1.29 is 14.7 Å². The molecule has 1 unspecified atom stereocenters. The van der Waals surface area contributed by atoms with Gasteiger partial charge in [-0.3, -0.25) is 14.5 Å². The molecule has 1 saturated heterocycles. The molecule has 0 aromatic heterocycles. The predicted molar refractivity (Wildman–Crippen MR) is 82.9 cm³/mol. The number of benzene rings is 1. The van der Waals surface area contributed by atoms with Crippen LogP contribution in [0.25, 0.3) is 0 Å². The molecule has 0 spiro atoms. The number of nitrogens with one attached hydrogen (secondary N) is 1. The molecule has 3 rings (SSSR count). The van der Waals surface area contributed by atoms with Crippen LogP contribution in [0, 0.1) is 5.92 Å². The van der Waals surface area contributed by atoms with E-state index in [9.17, 15) is 14.7 Å². The van der Waals surface area contributed by atoms with E-state index in [0.29, 0.717) is 32.7 Å². The Kier molecular flexibility index (Phi) is 4.40. The van der Waals surface area contributed by atoms with Crippen molar-refractivity contribution in [2.75, 3.05) is 44.2 Å². The Morgan fingerprint density at radius 2 is 2.09 bits per heavy atom. The van der Waals surface area contributed by atoms with Gasteiger partial charge in [0.2, 0.25) is 5.91 Å². The maximum Gasteiger partial charge on any atom is 0.309 e. The summed E-state index contributed by atoms with van der Waals surface area (Å²) in [6.07, 6.45) is 0.890. The van der Waals surface area contributed by atoms with Crippen LogP contribution in [0.2, 0.25) is 0 Å². The Hall–Kier alpha value is -1.92. The summed E-state index contributed by atoms with van der Waals surface area (Å²) in [7, 11) is 0. The summed E-state index contributed by atoms with van der Waals surface area (Å²) in [6.45, 7) is 3.29. The molecule has 1 amide bonds. The maximum atomic E-state index is 12.6. The van der Waals surface area contributed by atoms with Crippen LogP contribution in [0.5, 0.6) is 0 Å². The lowest BCUT2D eigenvalue weighted by molar-refractivity contribution is -0.142. The van der Waals surface area contributed by atoms with Crippen LogP contribution < -0.4 is 10.2 Å². The average Bonchev–Trinajstić information content (AvgIpc) is 2.80. The van der Waals surface area contributed by atoms with Crippen molar-refractivity contribution >= 4 is 17.6 Å². The van der Waals surface area contributed by atoms with E-state index in [1.807, 2.05) is 28.0 Å². The summed E-state index contributed by atoms with van der Waals surface area (Å²) in [4.78, 5) is 27.5. The topological polar surface area (TPSA) is 72.9 Å². The van der Waals surface area contributed by atoms with Gasteiger partial charge < -0.3 is 15.3 Å². The molecule has 2 aliphatic heterocycles. The number of nitrogens with zero attached hydrogens (tertiary/aromatic N) is 2. The first-order valence-electron chi connectivity index (χ1n) is 7.69. The molecule has 0 aliphatic carbocycles. The van der Waals surface area contributed by atoms with Crippen LogP contribution >= 0.6 is 0 Å². The van der Waals surface area contributed by atoms with Crippen molar-refractivity contribution in [1.29, 1.82) is 0 Å². The Morgan fingerprint density at radius 1 is 1.27 bits per heavy atom. The number of aliphatic carboxylic acids is 1. The number of anilines is 1. The normalized spacial score (nSPS) is 22.2. The van der Waals surface area contributed by atoms with E-state index in [0.717, 1.165) is 12.1 Å². The smallest absolute Gasteiger partial charge is 0.309 e. The third-order valence-corrected chi connectivity index (χ3v) is 4.37. The highest BCUT2D eigenvalue weighted by Gasteiger charge is 2.28. The fraction of sp³-hybridized carbons (Fsp3) is 0.500. The molecule has 118 valence electrons. The van der Waals surface area contributed by atoms with Crippen molar-refractivity contribution in [2.24, 2.45) is 5.92 Å². The largest absolute Gasteiger partial charge is 0.481 e. The van der Waals surface area contributed by atoms with Gasteiger partial charge in [0, 0.05) is 38.4 Å². The number of para-hydroxylation sites is 1. The number of carbonyl (C=O) groups excluding carboxylic acids is 1. The van der Waals surface area contributed by atoms with E-state index in [4.69, 9.17) is 0 Å². The van der Waals surface area contributed by atoms with Gasteiger partial charge >= 0.3 is 5.97 Å². The highest BCUT2D eigenvalue weighted by Crippen LogP contribution is 2.27. The van der Waals surface area contributed by atoms with E-state index in [2.05, 4.69) is 11.4 Å². The Bertz CT molecular complexity index is 576. The molecule has 2 N–H and O–H groups in total. The Morgan fingerprint density at radius 3 is 2.91 bits per heavy atom. The quantitative estimate of drug-likeness (QED) is 0.833. The van der Waals surface area contributed by atoms with Crippen LogP contribution in [-0.4, -0.2) is 61.2 Å². The van der Waals surface area contributed by atoms with Crippen LogP contribution in [0.3, 0.4) is 0 Å². The summed E-state index contributed by atoms with van der Waals surface area (Å²) in [5, 5.41) is 12.3.